The van der Waals surface area contributed by atoms with E-state index in [0.29, 0.717) is 31.0 Å². The van der Waals surface area contributed by atoms with E-state index in [1.165, 1.54) is 30.0 Å². The molecule has 10 heteroatoms. The molecular formula is C21H28N4O5S. The van der Waals surface area contributed by atoms with E-state index in [0.717, 1.165) is 25.7 Å². The molecule has 2 heterocycles. The molecule has 1 unspecified atom stereocenters. The van der Waals surface area contributed by atoms with Crippen LogP contribution >= 0.6 is 0 Å². The highest BCUT2D eigenvalue weighted by molar-refractivity contribution is 7.89. The fraction of sp³-hybridized carbons (Fsp3) is 0.571. The highest BCUT2D eigenvalue weighted by Crippen LogP contribution is 2.32. The third-order valence-electron chi connectivity index (χ3n) is 6.08. The summed E-state index contributed by atoms with van der Waals surface area (Å²) >= 11 is 0. The van der Waals surface area contributed by atoms with E-state index in [2.05, 4.69) is 15.5 Å². The average Bonchev–Trinajstić information content (AvgIpc) is 3.28. The van der Waals surface area contributed by atoms with Crippen LogP contribution in [0.25, 0.3) is 0 Å². The largest absolute Gasteiger partial charge is 0.497 e. The smallest absolute Gasteiger partial charge is 0.322 e. The highest BCUT2D eigenvalue weighted by Gasteiger charge is 2.34. The fourth-order valence-corrected chi connectivity index (χ4v) is 5.80. The molecule has 1 aromatic heterocycles. The number of benzene rings is 1. The standard InChI is InChI=1S/C21H28N4O5S/c1-29-17-9-11-18(12-10-17)31(27,28)25-13-5-8-16(14-25)19(26)22-21-24-23-20(30-21)15-6-3-2-4-7-15/h9-12,15-16H,2-8,13-14H2,1H3,(H,22,24,26). The second-order valence-electron chi connectivity index (χ2n) is 8.15. The summed E-state index contributed by atoms with van der Waals surface area (Å²) in [5.41, 5.74) is 0. The van der Waals surface area contributed by atoms with Crippen LogP contribution in [0, 0.1) is 5.92 Å². The number of hydrogen-bond donors (Lipinski definition) is 1. The molecule has 1 amide bonds. The second kappa shape index (κ2) is 9.35. The minimum absolute atomic E-state index is 0.0840. The van der Waals surface area contributed by atoms with Crippen LogP contribution in [0.3, 0.4) is 0 Å². The number of piperidine rings is 1. The molecule has 0 radical (unpaired) electrons. The average molecular weight is 449 g/mol. The lowest BCUT2D eigenvalue weighted by molar-refractivity contribution is -0.121. The molecule has 0 bridgehead atoms. The Morgan fingerprint density at radius 1 is 1.10 bits per heavy atom. The third kappa shape index (κ3) is 4.90. The van der Waals surface area contributed by atoms with Gasteiger partial charge in [0.15, 0.2) is 0 Å². The molecule has 1 atom stereocenters. The van der Waals surface area contributed by atoms with Crippen molar-refractivity contribution in [2.45, 2.75) is 55.8 Å². The number of sulfonamides is 1. The van der Waals surface area contributed by atoms with Gasteiger partial charge in [-0.05, 0) is 49.9 Å². The maximum atomic E-state index is 13.0. The summed E-state index contributed by atoms with van der Waals surface area (Å²) in [6.45, 7) is 0.494. The maximum absolute atomic E-state index is 13.0. The van der Waals surface area contributed by atoms with Crippen molar-refractivity contribution in [1.82, 2.24) is 14.5 Å². The first-order chi connectivity index (χ1) is 15.0. The van der Waals surface area contributed by atoms with Crippen LogP contribution in [-0.2, 0) is 14.8 Å². The summed E-state index contributed by atoms with van der Waals surface area (Å²) in [6, 6.07) is 6.34. The Kier molecular flexibility index (Phi) is 6.57. The third-order valence-corrected chi connectivity index (χ3v) is 7.96. The Balaban J connectivity index is 1.39. The molecule has 9 nitrogen and oxygen atoms in total. The molecule has 1 aromatic carbocycles. The van der Waals surface area contributed by atoms with E-state index in [4.69, 9.17) is 9.15 Å². The van der Waals surface area contributed by atoms with Gasteiger partial charge < -0.3 is 9.15 Å². The minimum Gasteiger partial charge on any atom is -0.497 e. The number of anilines is 1. The molecule has 1 saturated heterocycles. The second-order valence-corrected chi connectivity index (χ2v) is 10.1. The minimum atomic E-state index is -3.69. The Hall–Kier alpha value is -2.46. The molecule has 1 aliphatic heterocycles. The quantitative estimate of drug-likeness (QED) is 0.722. The van der Waals surface area contributed by atoms with E-state index in [-0.39, 0.29) is 29.3 Å². The van der Waals surface area contributed by atoms with Gasteiger partial charge in [-0.1, -0.05) is 24.4 Å². The fourth-order valence-electron chi connectivity index (χ4n) is 4.28. The molecule has 2 aromatic rings. The number of rotatable bonds is 6. The molecule has 4 rings (SSSR count). The predicted molar refractivity (Wildman–Crippen MR) is 113 cm³/mol. The summed E-state index contributed by atoms with van der Waals surface area (Å²) in [6.07, 6.45) is 6.78. The van der Waals surface area contributed by atoms with Gasteiger partial charge in [0.25, 0.3) is 0 Å². The number of nitrogens with one attached hydrogen (secondary N) is 1. The first kappa shape index (κ1) is 21.8. The first-order valence-electron chi connectivity index (χ1n) is 10.8. The molecule has 31 heavy (non-hydrogen) atoms. The summed E-state index contributed by atoms with van der Waals surface area (Å²) in [7, 11) is -2.16. The van der Waals surface area contributed by atoms with E-state index >= 15 is 0 Å². The van der Waals surface area contributed by atoms with Crippen LogP contribution in [0.4, 0.5) is 6.01 Å². The van der Waals surface area contributed by atoms with Crippen molar-refractivity contribution in [3.8, 4) is 5.75 Å². The van der Waals surface area contributed by atoms with Gasteiger partial charge in [0.2, 0.25) is 21.8 Å². The van der Waals surface area contributed by atoms with Gasteiger partial charge in [0.1, 0.15) is 5.75 Å². The molecule has 0 spiro atoms. The Morgan fingerprint density at radius 2 is 1.84 bits per heavy atom. The van der Waals surface area contributed by atoms with Gasteiger partial charge in [0, 0.05) is 19.0 Å². The zero-order valence-electron chi connectivity index (χ0n) is 17.6. The number of methoxy groups -OCH3 is 1. The summed E-state index contributed by atoms with van der Waals surface area (Å²) < 4.78 is 38.1. The first-order valence-corrected chi connectivity index (χ1v) is 12.2. The number of carbonyl (C=O) groups is 1. The Labute approximate surface area is 182 Å². The van der Waals surface area contributed by atoms with Gasteiger partial charge in [0.05, 0.1) is 17.9 Å². The molecule has 168 valence electrons. The lowest BCUT2D eigenvalue weighted by atomic mass is 9.89. The molecule has 1 aliphatic carbocycles. The molecule has 2 fully saturated rings. The Bertz CT molecular complexity index is 999. The van der Waals surface area contributed by atoms with Gasteiger partial charge in [-0.15, -0.1) is 5.10 Å². The van der Waals surface area contributed by atoms with E-state index < -0.39 is 15.9 Å². The van der Waals surface area contributed by atoms with Crippen LogP contribution in [0.1, 0.15) is 56.8 Å². The number of amides is 1. The number of aromatic nitrogens is 2. The van der Waals surface area contributed by atoms with Crippen LogP contribution in [0.2, 0.25) is 0 Å². The maximum Gasteiger partial charge on any atom is 0.322 e. The molecule has 2 aliphatic rings. The highest BCUT2D eigenvalue weighted by atomic mass is 32.2. The van der Waals surface area contributed by atoms with E-state index in [1.54, 1.807) is 12.1 Å². The van der Waals surface area contributed by atoms with Crippen LogP contribution in [0.15, 0.2) is 33.6 Å². The SMILES string of the molecule is COc1ccc(S(=O)(=O)N2CCCC(C(=O)Nc3nnc(C4CCCCC4)o3)C2)cc1. The number of hydrogen-bond acceptors (Lipinski definition) is 7. The zero-order chi connectivity index (χ0) is 21.8. The topological polar surface area (TPSA) is 115 Å². The van der Waals surface area contributed by atoms with Gasteiger partial charge in [-0.2, -0.15) is 4.31 Å². The van der Waals surface area contributed by atoms with E-state index in [1.807, 2.05) is 0 Å². The van der Waals surface area contributed by atoms with Crippen molar-refractivity contribution in [3.63, 3.8) is 0 Å². The van der Waals surface area contributed by atoms with Gasteiger partial charge in [-0.3, -0.25) is 10.1 Å². The van der Waals surface area contributed by atoms with Crippen molar-refractivity contribution in [1.29, 1.82) is 0 Å². The van der Waals surface area contributed by atoms with Crippen molar-refractivity contribution < 1.29 is 22.4 Å². The monoisotopic (exact) mass is 448 g/mol. The number of carbonyl (C=O) groups excluding carboxylic acids is 1. The van der Waals surface area contributed by atoms with Crippen LogP contribution < -0.4 is 10.1 Å². The predicted octanol–water partition coefficient (Wildman–Crippen LogP) is 3.17. The van der Waals surface area contributed by atoms with Gasteiger partial charge in [-0.25, -0.2) is 8.42 Å². The zero-order valence-corrected chi connectivity index (χ0v) is 18.4. The van der Waals surface area contributed by atoms with Crippen molar-refractivity contribution >= 4 is 21.9 Å². The summed E-state index contributed by atoms with van der Waals surface area (Å²) in [5.74, 6) is 0.636. The van der Waals surface area contributed by atoms with Crippen LogP contribution in [-0.4, -0.2) is 49.0 Å². The van der Waals surface area contributed by atoms with E-state index in [9.17, 15) is 13.2 Å². The van der Waals surface area contributed by atoms with Gasteiger partial charge >= 0.3 is 6.01 Å². The van der Waals surface area contributed by atoms with Crippen molar-refractivity contribution in [3.05, 3.63) is 30.2 Å². The Morgan fingerprint density at radius 3 is 2.55 bits per heavy atom. The summed E-state index contributed by atoms with van der Waals surface area (Å²) in [4.78, 5) is 13.0. The number of ether oxygens (including phenoxy) is 1. The normalized spacial score (nSPS) is 21.0. The molecule has 1 saturated carbocycles. The lowest BCUT2D eigenvalue weighted by Gasteiger charge is -2.30. The molecular weight excluding hydrogens is 420 g/mol. The van der Waals surface area contributed by atoms with Crippen molar-refractivity contribution in [2.75, 3.05) is 25.5 Å². The number of nitrogens with zero attached hydrogens (tertiary/aromatic N) is 3. The summed E-state index contributed by atoms with van der Waals surface area (Å²) in [5, 5.41) is 10.7. The van der Waals surface area contributed by atoms with Crippen LogP contribution in [0.5, 0.6) is 5.75 Å². The van der Waals surface area contributed by atoms with Crippen molar-refractivity contribution in [2.24, 2.45) is 5.92 Å². The molecule has 1 N–H and O–H groups in total. The lowest BCUT2D eigenvalue weighted by Crippen LogP contribution is -2.43.